The molecule has 8 atom stereocenters. The molecular formula is C31H45NO4. The molecule has 7 rings (SSSR count). The zero-order valence-electron chi connectivity index (χ0n) is 22.4. The minimum absolute atomic E-state index is 0.103. The van der Waals surface area contributed by atoms with Gasteiger partial charge in [0.1, 0.15) is 5.60 Å². The van der Waals surface area contributed by atoms with E-state index in [1.807, 2.05) is 12.5 Å². The molecule has 4 aliphatic carbocycles. The number of fused-ring (bicyclic) bond motifs is 3. The van der Waals surface area contributed by atoms with Gasteiger partial charge in [-0.05, 0) is 106 Å². The van der Waals surface area contributed by atoms with Crippen LogP contribution in [0.4, 0.5) is 0 Å². The number of furan rings is 1. The van der Waals surface area contributed by atoms with Crippen molar-refractivity contribution in [1.29, 1.82) is 0 Å². The smallest absolute Gasteiger partial charge is 0.104 e. The largest absolute Gasteiger partial charge is 0.472 e. The zero-order chi connectivity index (χ0) is 24.4. The van der Waals surface area contributed by atoms with Crippen LogP contribution < -0.4 is 0 Å². The van der Waals surface area contributed by atoms with Crippen LogP contribution in [0.1, 0.15) is 83.1 Å². The Morgan fingerprint density at radius 2 is 1.92 bits per heavy atom. The van der Waals surface area contributed by atoms with E-state index in [-0.39, 0.29) is 17.1 Å². The van der Waals surface area contributed by atoms with Gasteiger partial charge in [0.05, 0.1) is 44.6 Å². The Morgan fingerprint density at radius 3 is 2.75 bits per heavy atom. The maximum Gasteiger partial charge on any atom is 0.104 e. The number of rotatable bonds is 8. The Labute approximate surface area is 216 Å². The topological polar surface area (TPSA) is 47.4 Å². The molecule has 0 radical (unpaired) electrons. The fourth-order valence-electron chi connectivity index (χ4n) is 9.80. The highest BCUT2D eigenvalue weighted by atomic mass is 16.6. The molecule has 2 saturated heterocycles. The Balaban J connectivity index is 0.979. The maximum atomic E-state index is 6.72. The molecule has 0 bridgehead atoms. The van der Waals surface area contributed by atoms with Crippen molar-refractivity contribution in [3.8, 4) is 0 Å². The van der Waals surface area contributed by atoms with Gasteiger partial charge in [-0.2, -0.15) is 0 Å². The zero-order valence-corrected chi connectivity index (χ0v) is 22.4. The number of likely N-dealkylation sites (tertiary alicyclic amines) is 1. The van der Waals surface area contributed by atoms with E-state index in [4.69, 9.17) is 18.6 Å². The summed E-state index contributed by atoms with van der Waals surface area (Å²) < 4.78 is 24.4. The molecule has 0 N–H and O–H groups in total. The Kier molecular flexibility index (Phi) is 5.96. The summed E-state index contributed by atoms with van der Waals surface area (Å²) in [4.78, 5) is 2.51. The van der Waals surface area contributed by atoms with E-state index in [9.17, 15) is 0 Å². The third kappa shape index (κ3) is 3.56. The van der Waals surface area contributed by atoms with E-state index < -0.39 is 0 Å². The van der Waals surface area contributed by atoms with E-state index >= 15 is 0 Å². The Hall–Kier alpha value is -1.14. The first-order valence-corrected chi connectivity index (χ1v) is 14.9. The van der Waals surface area contributed by atoms with E-state index in [1.165, 1.54) is 70.0 Å². The highest BCUT2D eigenvalue weighted by Crippen LogP contribution is 2.77. The molecule has 0 amide bonds. The van der Waals surface area contributed by atoms with Gasteiger partial charge in [-0.25, -0.2) is 0 Å². The molecule has 5 fully saturated rings. The number of hydrogen-bond acceptors (Lipinski definition) is 5. The van der Waals surface area contributed by atoms with E-state index in [0.29, 0.717) is 36.6 Å². The van der Waals surface area contributed by atoms with Crippen molar-refractivity contribution >= 4 is 0 Å². The van der Waals surface area contributed by atoms with Crippen LogP contribution in [0.3, 0.4) is 0 Å². The van der Waals surface area contributed by atoms with Gasteiger partial charge in [0, 0.05) is 12.0 Å². The van der Waals surface area contributed by atoms with E-state index in [1.54, 1.807) is 5.57 Å². The molecule has 1 aromatic rings. The summed E-state index contributed by atoms with van der Waals surface area (Å²) in [6, 6.07) is 2.20. The summed E-state index contributed by atoms with van der Waals surface area (Å²) in [5.41, 5.74) is 3.74. The van der Waals surface area contributed by atoms with Crippen molar-refractivity contribution in [2.24, 2.45) is 22.7 Å². The molecule has 5 heteroatoms. The maximum absolute atomic E-state index is 6.72. The molecule has 0 unspecified atom stereocenters. The highest BCUT2D eigenvalue weighted by molar-refractivity contribution is 5.37. The third-order valence-corrected chi connectivity index (χ3v) is 11.7. The highest BCUT2D eigenvalue weighted by Gasteiger charge is 2.80. The molecule has 0 aromatic carbocycles. The molecule has 198 valence electrons. The quantitative estimate of drug-likeness (QED) is 0.253. The molecule has 36 heavy (non-hydrogen) atoms. The van der Waals surface area contributed by atoms with Crippen LogP contribution in [0.2, 0.25) is 0 Å². The Morgan fingerprint density at radius 1 is 1.03 bits per heavy atom. The molecule has 1 aromatic heterocycles. The molecule has 3 heterocycles. The first-order chi connectivity index (χ1) is 17.5. The summed E-state index contributed by atoms with van der Waals surface area (Å²) in [7, 11) is 0. The second-order valence-electron chi connectivity index (χ2n) is 13.2. The first kappa shape index (κ1) is 23.9. The van der Waals surface area contributed by atoms with Crippen molar-refractivity contribution in [2.75, 3.05) is 39.5 Å². The van der Waals surface area contributed by atoms with Crippen molar-refractivity contribution in [1.82, 2.24) is 4.90 Å². The van der Waals surface area contributed by atoms with Crippen molar-refractivity contribution in [2.45, 2.75) is 95.4 Å². The van der Waals surface area contributed by atoms with Crippen LogP contribution in [0.5, 0.6) is 0 Å². The SMILES string of the molecule is C[C@]12CC[C@H](OCCOCCN3CCCC3)C=C1CC[C@@H]1[C@@H]2CC[C@]2(C)[C@@H](c3ccoc3)C[C@H]3O[C@]132. The molecule has 6 aliphatic rings. The normalized spacial score (nSPS) is 45.5. The monoisotopic (exact) mass is 495 g/mol. The van der Waals surface area contributed by atoms with Crippen LogP contribution in [-0.2, 0) is 14.2 Å². The van der Waals surface area contributed by atoms with Crippen LogP contribution in [0.15, 0.2) is 34.7 Å². The van der Waals surface area contributed by atoms with Gasteiger partial charge in [-0.3, -0.25) is 0 Å². The minimum atomic E-state index is 0.103. The molecule has 1 spiro atoms. The summed E-state index contributed by atoms with van der Waals surface area (Å²) in [5.74, 6) is 2.03. The fourth-order valence-corrected chi connectivity index (χ4v) is 9.80. The summed E-state index contributed by atoms with van der Waals surface area (Å²) in [6.07, 6.45) is 18.4. The van der Waals surface area contributed by atoms with Gasteiger partial charge < -0.3 is 23.5 Å². The molecule has 2 aliphatic heterocycles. The van der Waals surface area contributed by atoms with Crippen LogP contribution in [-0.4, -0.2) is 62.2 Å². The summed E-state index contributed by atoms with van der Waals surface area (Å²) in [5, 5.41) is 0. The first-order valence-electron chi connectivity index (χ1n) is 14.9. The van der Waals surface area contributed by atoms with Gasteiger partial charge in [-0.15, -0.1) is 0 Å². The predicted molar refractivity (Wildman–Crippen MR) is 139 cm³/mol. The molecular weight excluding hydrogens is 450 g/mol. The van der Waals surface area contributed by atoms with Gasteiger partial charge >= 0.3 is 0 Å². The van der Waals surface area contributed by atoms with Crippen molar-refractivity contribution in [3.05, 3.63) is 35.8 Å². The standard InChI is InChI=1S/C31H45NO4/c1-29-10-7-24(35-18-17-33-16-14-32-12-3-4-13-32)19-23(29)5-6-26-25(29)8-11-30(2)27(22-9-15-34-21-22)20-28-31(26,30)36-28/h9,15,19,21,24-28H,3-8,10-14,16-18,20H2,1-2H3/t24-,25-,26+,27+,28+,29-,30+,31+/m0/s1. The van der Waals surface area contributed by atoms with Crippen LogP contribution in [0.25, 0.3) is 0 Å². The lowest BCUT2D eigenvalue weighted by molar-refractivity contribution is -0.0845. The second kappa shape index (κ2) is 8.97. The molecule has 5 nitrogen and oxygen atoms in total. The summed E-state index contributed by atoms with van der Waals surface area (Å²) >= 11 is 0. The minimum Gasteiger partial charge on any atom is -0.472 e. The number of ether oxygens (including phenoxy) is 3. The fraction of sp³-hybridized carbons (Fsp3) is 0.806. The predicted octanol–water partition coefficient (Wildman–Crippen LogP) is 5.95. The van der Waals surface area contributed by atoms with Gasteiger partial charge in [0.2, 0.25) is 0 Å². The lowest BCUT2D eigenvalue weighted by atomic mass is 9.46. The number of nitrogens with zero attached hydrogens (tertiary/aromatic N) is 1. The average Bonchev–Trinajstić information content (AvgIpc) is 3.29. The lowest BCUT2D eigenvalue weighted by Gasteiger charge is -2.58. The van der Waals surface area contributed by atoms with E-state index in [0.717, 1.165) is 25.5 Å². The van der Waals surface area contributed by atoms with Gasteiger partial charge in [-0.1, -0.05) is 25.5 Å². The Bertz CT molecular complexity index is 969. The second-order valence-corrected chi connectivity index (χ2v) is 13.2. The van der Waals surface area contributed by atoms with Crippen LogP contribution >= 0.6 is 0 Å². The third-order valence-electron chi connectivity index (χ3n) is 11.7. The summed E-state index contributed by atoms with van der Waals surface area (Å²) in [6.45, 7) is 10.9. The average molecular weight is 496 g/mol. The number of epoxide rings is 1. The van der Waals surface area contributed by atoms with Crippen molar-refractivity contribution in [3.63, 3.8) is 0 Å². The van der Waals surface area contributed by atoms with Crippen molar-refractivity contribution < 1.29 is 18.6 Å². The molecule has 3 saturated carbocycles. The van der Waals surface area contributed by atoms with Crippen LogP contribution in [0, 0.1) is 22.7 Å². The van der Waals surface area contributed by atoms with Gasteiger partial charge in [0.15, 0.2) is 0 Å². The number of hydrogen-bond donors (Lipinski definition) is 0. The number of allylic oxidation sites excluding steroid dienone is 1. The lowest BCUT2D eigenvalue weighted by Crippen LogP contribution is -2.56. The van der Waals surface area contributed by atoms with Gasteiger partial charge in [0.25, 0.3) is 0 Å². The van der Waals surface area contributed by atoms with E-state index in [2.05, 4.69) is 30.9 Å².